The Kier molecular flexibility index (Phi) is 12.2. The van der Waals surface area contributed by atoms with Crippen molar-refractivity contribution in [2.75, 3.05) is 32.7 Å². The monoisotopic (exact) mass is 672 g/mol. The van der Waals surface area contributed by atoms with Gasteiger partial charge < -0.3 is 27.4 Å². The van der Waals surface area contributed by atoms with E-state index in [0.29, 0.717) is 17.7 Å². The Morgan fingerprint density at radius 1 is 1.21 bits per heavy atom. The molecule has 0 radical (unpaired) electrons. The molecule has 0 atom stereocenters. The third-order valence-electron chi connectivity index (χ3n) is 4.98. The van der Waals surface area contributed by atoms with Gasteiger partial charge in [-0.25, -0.2) is 9.97 Å². The van der Waals surface area contributed by atoms with Crippen LogP contribution in [0.1, 0.15) is 11.3 Å². The second-order valence-electron chi connectivity index (χ2n) is 7.24. The topological polar surface area (TPSA) is 83.0 Å². The van der Waals surface area contributed by atoms with E-state index in [9.17, 15) is 9.18 Å². The van der Waals surface area contributed by atoms with Crippen molar-refractivity contribution in [3.05, 3.63) is 85.3 Å². The van der Waals surface area contributed by atoms with Gasteiger partial charge in [-0.3, -0.25) is 9.18 Å². The minimum Gasteiger partial charge on any atom is -0.393 e. The van der Waals surface area contributed by atoms with E-state index < -0.39 is 0 Å². The van der Waals surface area contributed by atoms with Gasteiger partial charge in [-0.1, -0.05) is 42.2 Å². The number of nitrogens with one attached hydrogen (secondary N) is 2. The van der Waals surface area contributed by atoms with Crippen LogP contribution in [0, 0.1) is 50.1 Å². The van der Waals surface area contributed by atoms with Crippen molar-refractivity contribution in [3.8, 4) is 11.1 Å². The molecule has 1 amide bonds. The molecule has 1 fully saturated rings. The zero-order valence-electron chi connectivity index (χ0n) is 18.4. The van der Waals surface area contributed by atoms with Crippen molar-refractivity contribution in [2.45, 2.75) is 13.0 Å². The first kappa shape index (κ1) is 27.1. The van der Waals surface area contributed by atoms with Gasteiger partial charge in [0.15, 0.2) is 0 Å². The number of nitrogens with zero attached hydrogens (tertiary/aromatic N) is 4. The number of halogens is 1. The van der Waals surface area contributed by atoms with Crippen LogP contribution in [0.15, 0.2) is 55.1 Å². The molecule has 3 heterocycles. The number of hydrogen-bond donors (Lipinski definition) is 2. The molecular formula is C24H27FN6OU. The van der Waals surface area contributed by atoms with Crippen LogP contribution in [-0.4, -0.2) is 58.5 Å². The molecule has 3 aromatic rings. The summed E-state index contributed by atoms with van der Waals surface area (Å²) in [4.78, 5) is 26.0. The van der Waals surface area contributed by atoms with Crippen LogP contribution in [-0.2, 0) is 17.8 Å². The number of piperazine rings is 1. The molecule has 7 nitrogen and oxygen atoms in total. The number of aromatic nitrogens is 3. The molecule has 1 saturated heterocycles. The van der Waals surface area contributed by atoms with Gasteiger partial charge in [-0.2, -0.15) is 0 Å². The number of carbonyl (C=O) groups is 1. The molecule has 0 bridgehead atoms. The maximum absolute atomic E-state index is 13.7. The van der Waals surface area contributed by atoms with Gasteiger partial charge in [0.2, 0.25) is 5.91 Å². The van der Waals surface area contributed by atoms with Gasteiger partial charge in [0.25, 0.3) is 0 Å². The first-order valence-corrected chi connectivity index (χ1v) is 10.5. The number of amides is 1. The summed E-state index contributed by atoms with van der Waals surface area (Å²) in [7, 11) is 0. The molecule has 0 aliphatic carbocycles. The predicted octanol–water partition coefficient (Wildman–Crippen LogP) is 2.06. The van der Waals surface area contributed by atoms with E-state index in [4.69, 9.17) is 0 Å². The largest absolute Gasteiger partial charge is 2.00 e. The SMILES string of the molecule is O=C(Cc1ccc(-c2cn[c-]cc2F)cc1)NCc1ccncn1.[CH2-]CN1CCNCC1.[U+2]. The molecular weight excluding hydrogens is 645 g/mol. The van der Waals surface area contributed by atoms with E-state index in [1.165, 1.54) is 31.7 Å². The first-order chi connectivity index (χ1) is 15.7. The molecule has 1 aliphatic heterocycles. The van der Waals surface area contributed by atoms with E-state index >= 15 is 0 Å². The number of hydrogen-bond acceptors (Lipinski definition) is 6. The van der Waals surface area contributed by atoms with Crippen LogP contribution >= 0.6 is 0 Å². The fourth-order valence-electron chi connectivity index (χ4n) is 3.14. The summed E-state index contributed by atoms with van der Waals surface area (Å²) < 4.78 is 13.7. The Hall–Kier alpha value is -2.18. The second-order valence-corrected chi connectivity index (χ2v) is 7.24. The van der Waals surface area contributed by atoms with Crippen molar-refractivity contribution in [1.29, 1.82) is 0 Å². The van der Waals surface area contributed by atoms with Crippen LogP contribution < -0.4 is 10.6 Å². The molecule has 1 aromatic carbocycles. The number of carbonyl (C=O) groups excluding carboxylic acids is 1. The molecule has 0 unspecified atom stereocenters. The standard InChI is InChI=1S/C18H14FN4O.C6H13N2.U/c19-17-6-8-20-11-16(17)14-3-1-13(2-4-14)9-18(24)22-10-15-5-7-21-12-23-15;1-2-8-5-3-7-4-6-8;/h1-7,11-12H,9-10H2,(H,22,24);7H,1-6H2;/q2*-1;+2. The Morgan fingerprint density at radius 2 is 1.97 bits per heavy atom. The Balaban J connectivity index is 0.000000364. The van der Waals surface area contributed by atoms with E-state index in [2.05, 4.69) is 43.6 Å². The Bertz CT molecular complexity index is 968. The minimum atomic E-state index is -0.375. The second kappa shape index (κ2) is 14.9. The molecule has 2 aromatic heterocycles. The van der Waals surface area contributed by atoms with Crippen LogP contribution in [0.25, 0.3) is 11.1 Å². The maximum atomic E-state index is 13.7. The average Bonchev–Trinajstić information content (AvgIpc) is 2.85. The zero-order chi connectivity index (χ0) is 22.6. The molecule has 0 saturated carbocycles. The Morgan fingerprint density at radius 3 is 2.58 bits per heavy atom. The summed E-state index contributed by atoms with van der Waals surface area (Å²) in [5.74, 6) is -0.483. The summed E-state index contributed by atoms with van der Waals surface area (Å²) >= 11 is 0. The van der Waals surface area contributed by atoms with Crippen LogP contribution in [0.3, 0.4) is 0 Å². The predicted molar refractivity (Wildman–Crippen MR) is 121 cm³/mol. The molecule has 2 N–H and O–H groups in total. The van der Waals surface area contributed by atoms with E-state index in [1.54, 1.807) is 36.5 Å². The quantitative estimate of drug-likeness (QED) is 0.391. The molecule has 0 spiro atoms. The number of pyridine rings is 1. The van der Waals surface area contributed by atoms with Gasteiger partial charge in [-0.15, -0.1) is 12.6 Å². The summed E-state index contributed by atoms with van der Waals surface area (Å²) in [5, 5.41) is 6.08. The van der Waals surface area contributed by atoms with Crippen LogP contribution in [0.5, 0.6) is 0 Å². The average molecular weight is 673 g/mol. The third kappa shape index (κ3) is 9.30. The fourth-order valence-corrected chi connectivity index (χ4v) is 3.14. The van der Waals surface area contributed by atoms with E-state index in [0.717, 1.165) is 30.9 Å². The molecule has 4 rings (SSSR count). The molecule has 170 valence electrons. The van der Waals surface area contributed by atoms with Gasteiger partial charge in [0, 0.05) is 38.2 Å². The summed E-state index contributed by atoms with van der Waals surface area (Å²) in [6.45, 7) is 9.73. The summed E-state index contributed by atoms with van der Waals surface area (Å²) in [6.07, 6.45) is 7.19. The van der Waals surface area contributed by atoms with Gasteiger partial charge >= 0.3 is 31.1 Å². The van der Waals surface area contributed by atoms with Crippen molar-refractivity contribution < 1.29 is 40.3 Å². The van der Waals surface area contributed by atoms with Crippen molar-refractivity contribution >= 4 is 5.91 Å². The van der Waals surface area contributed by atoms with E-state index in [-0.39, 0.29) is 49.3 Å². The van der Waals surface area contributed by atoms with Crippen molar-refractivity contribution in [3.63, 3.8) is 0 Å². The zero-order valence-corrected chi connectivity index (χ0v) is 22.6. The maximum Gasteiger partial charge on any atom is 2.00 e. The first-order valence-electron chi connectivity index (χ1n) is 10.5. The smallest absolute Gasteiger partial charge is 0.393 e. The van der Waals surface area contributed by atoms with Crippen molar-refractivity contribution in [2.24, 2.45) is 0 Å². The summed E-state index contributed by atoms with van der Waals surface area (Å²) in [5.41, 5.74) is 2.71. The fraction of sp³-hybridized carbons (Fsp3) is 0.292. The van der Waals surface area contributed by atoms with E-state index in [1.807, 2.05) is 0 Å². The summed E-state index contributed by atoms with van der Waals surface area (Å²) in [6, 6.07) is 10.1. The van der Waals surface area contributed by atoms with Gasteiger partial charge in [0.05, 0.1) is 18.7 Å². The minimum absolute atomic E-state index is 0. The third-order valence-corrected chi connectivity index (χ3v) is 4.98. The molecule has 33 heavy (non-hydrogen) atoms. The van der Waals surface area contributed by atoms with Gasteiger partial charge in [-0.05, 0) is 17.2 Å². The van der Waals surface area contributed by atoms with Gasteiger partial charge in [0.1, 0.15) is 6.33 Å². The number of rotatable bonds is 6. The van der Waals surface area contributed by atoms with Crippen LogP contribution in [0.2, 0.25) is 0 Å². The van der Waals surface area contributed by atoms with Crippen molar-refractivity contribution in [1.82, 2.24) is 30.5 Å². The van der Waals surface area contributed by atoms with Crippen LogP contribution in [0.4, 0.5) is 4.39 Å². The number of benzene rings is 1. The Labute approximate surface area is 218 Å². The normalized spacial score (nSPS) is 13.3. The molecule has 9 heteroatoms. The molecule has 1 aliphatic rings.